The van der Waals surface area contributed by atoms with Crippen molar-refractivity contribution in [1.82, 2.24) is 25.1 Å². The van der Waals surface area contributed by atoms with E-state index in [1.54, 1.807) is 5.51 Å². The molecule has 0 radical (unpaired) electrons. The first kappa shape index (κ1) is 17.5. The minimum Gasteiger partial charge on any atom is -0.379 e. The Bertz CT molecular complexity index is 989. The van der Waals surface area contributed by atoms with E-state index in [-0.39, 0.29) is 18.4 Å². The van der Waals surface area contributed by atoms with Gasteiger partial charge in [0.15, 0.2) is 5.01 Å². The number of fused-ring (bicyclic) bond motifs is 1. The van der Waals surface area contributed by atoms with Crippen molar-refractivity contribution in [1.29, 1.82) is 0 Å². The lowest BCUT2D eigenvalue weighted by Gasteiger charge is -2.38. The largest absolute Gasteiger partial charge is 0.379 e. The highest BCUT2D eigenvalue weighted by Gasteiger charge is 2.29. The number of anilines is 1. The van der Waals surface area contributed by atoms with E-state index >= 15 is 0 Å². The molecule has 1 aliphatic rings. The molecule has 3 aromatic heterocycles. The Kier molecular flexibility index (Phi) is 4.77. The number of likely N-dealkylation sites (tertiary alicyclic amines) is 1. The van der Waals surface area contributed by atoms with Crippen LogP contribution in [0.2, 0.25) is 0 Å². The van der Waals surface area contributed by atoms with Crippen LogP contribution < -0.4 is 5.32 Å². The fraction of sp³-hybridized carbons (Fsp3) is 0.368. The quantitative estimate of drug-likeness (QED) is 0.680. The van der Waals surface area contributed by atoms with E-state index in [1.165, 1.54) is 11.3 Å². The molecule has 1 amide bonds. The molecule has 0 saturated carbocycles. The first-order chi connectivity index (χ1) is 13.2. The summed E-state index contributed by atoms with van der Waals surface area (Å²) in [5.74, 6) is 2.89. The van der Waals surface area contributed by atoms with Gasteiger partial charge in [0.05, 0.1) is 17.7 Å². The van der Waals surface area contributed by atoms with Gasteiger partial charge in [-0.2, -0.15) is 0 Å². The second-order valence-corrected chi connectivity index (χ2v) is 7.60. The highest BCUT2D eigenvalue weighted by Crippen LogP contribution is 2.35. The van der Waals surface area contributed by atoms with Gasteiger partial charge in [0.1, 0.15) is 11.2 Å². The van der Waals surface area contributed by atoms with Gasteiger partial charge in [0.2, 0.25) is 5.91 Å². The van der Waals surface area contributed by atoms with Crippen LogP contribution in [0, 0.1) is 18.3 Å². The Labute approximate surface area is 161 Å². The number of piperidine rings is 1. The highest BCUT2D eigenvalue weighted by molar-refractivity contribution is 7.12. The van der Waals surface area contributed by atoms with E-state index in [9.17, 15) is 4.79 Å². The van der Waals surface area contributed by atoms with E-state index in [1.807, 2.05) is 23.4 Å². The van der Waals surface area contributed by atoms with Crippen LogP contribution in [-0.4, -0.2) is 50.1 Å². The molecule has 0 unspecified atom stereocenters. The molecule has 0 spiro atoms. The number of rotatable bonds is 4. The van der Waals surface area contributed by atoms with Gasteiger partial charge in [0.25, 0.3) is 0 Å². The van der Waals surface area contributed by atoms with E-state index in [0.29, 0.717) is 12.5 Å². The van der Waals surface area contributed by atoms with Crippen molar-refractivity contribution in [2.45, 2.75) is 25.8 Å². The SMILES string of the molecule is C#CCC(=O)N1CC[C@@H](C)[C@@H](Nc2c(-c3nncs3)cnc3[nH]ccc23)C1. The van der Waals surface area contributed by atoms with Crippen LogP contribution in [0.4, 0.5) is 5.69 Å². The molecule has 4 heterocycles. The zero-order chi connectivity index (χ0) is 18.8. The summed E-state index contributed by atoms with van der Waals surface area (Å²) in [7, 11) is 0. The van der Waals surface area contributed by atoms with Crippen LogP contribution in [0.5, 0.6) is 0 Å². The zero-order valence-electron chi connectivity index (χ0n) is 15.0. The van der Waals surface area contributed by atoms with Crippen molar-refractivity contribution < 1.29 is 4.79 Å². The molecule has 2 N–H and O–H groups in total. The summed E-state index contributed by atoms with van der Waals surface area (Å²) in [4.78, 5) is 21.8. The number of H-pyrrole nitrogens is 1. The number of pyridine rings is 1. The maximum Gasteiger partial charge on any atom is 0.234 e. The van der Waals surface area contributed by atoms with Gasteiger partial charge in [-0.1, -0.05) is 24.2 Å². The molecular formula is C19H20N6OS. The number of hydrogen-bond acceptors (Lipinski definition) is 6. The molecule has 138 valence electrons. The molecule has 8 heteroatoms. The molecule has 1 aliphatic heterocycles. The number of hydrogen-bond donors (Lipinski definition) is 2. The zero-order valence-corrected chi connectivity index (χ0v) is 15.8. The molecule has 2 atom stereocenters. The van der Waals surface area contributed by atoms with E-state index < -0.39 is 0 Å². The smallest absolute Gasteiger partial charge is 0.234 e. The Hall–Kier alpha value is -2.92. The van der Waals surface area contributed by atoms with Gasteiger partial charge >= 0.3 is 0 Å². The molecule has 0 bridgehead atoms. The number of terminal acetylenes is 1. The summed E-state index contributed by atoms with van der Waals surface area (Å²) < 4.78 is 0. The summed E-state index contributed by atoms with van der Waals surface area (Å²) in [5, 5.41) is 13.7. The third kappa shape index (κ3) is 3.38. The highest BCUT2D eigenvalue weighted by atomic mass is 32.1. The standard InChI is InChI=1S/C19H20N6OS/c1-3-4-16(26)25-8-6-12(2)15(10-25)23-17-13-5-7-20-18(13)21-9-14(17)19-24-22-11-27-19/h1,5,7,9,11-12,15H,4,6,8,10H2,2H3,(H2,20,21,23)/t12-,15+/m1/s1. The summed E-state index contributed by atoms with van der Waals surface area (Å²) in [6, 6.07) is 2.12. The Morgan fingerprint density at radius 2 is 2.44 bits per heavy atom. The molecule has 0 aliphatic carbocycles. The number of nitrogens with one attached hydrogen (secondary N) is 2. The van der Waals surface area contributed by atoms with E-state index in [2.05, 4.69) is 38.3 Å². The summed E-state index contributed by atoms with van der Waals surface area (Å²) in [6.07, 6.45) is 10.1. The average Bonchev–Trinajstić information content (AvgIpc) is 3.35. The lowest BCUT2D eigenvalue weighted by atomic mass is 9.92. The molecule has 7 nitrogen and oxygen atoms in total. The minimum atomic E-state index is 0.0158. The third-order valence-electron chi connectivity index (χ3n) is 5.07. The lowest BCUT2D eigenvalue weighted by Crippen LogP contribution is -2.49. The van der Waals surface area contributed by atoms with E-state index in [0.717, 1.165) is 40.3 Å². The molecule has 3 aromatic rings. The van der Waals surface area contributed by atoms with Crippen molar-refractivity contribution in [3.05, 3.63) is 24.0 Å². The van der Waals surface area contributed by atoms with Crippen molar-refractivity contribution >= 4 is 34.0 Å². The van der Waals surface area contributed by atoms with Gasteiger partial charge in [-0.25, -0.2) is 4.98 Å². The van der Waals surface area contributed by atoms with Crippen LogP contribution in [0.3, 0.4) is 0 Å². The second-order valence-electron chi connectivity index (χ2n) is 6.77. The number of aromatic nitrogens is 4. The van der Waals surface area contributed by atoms with Crippen molar-refractivity contribution in [2.24, 2.45) is 5.92 Å². The predicted molar refractivity (Wildman–Crippen MR) is 106 cm³/mol. The van der Waals surface area contributed by atoms with Crippen molar-refractivity contribution in [3.8, 4) is 22.9 Å². The number of carbonyl (C=O) groups excluding carboxylic acids is 1. The number of carbonyl (C=O) groups is 1. The molecule has 0 aromatic carbocycles. The maximum atomic E-state index is 12.3. The first-order valence-electron chi connectivity index (χ1n) is 8.87. The summed E-state index contributed by atoms with van der Waals surface area (Å²) in [6.45, 7) is 3.59. The maximum absolute atomic E-state index is 12.3. The topological polar surface area (TPSA) is 86.8 Å². The van der Waals surface area contributed by atoms with Gasteiger partial charge in [-0.15, -0.1) is 16.6 Å². The number of aromatic amines is 1. The van der Waals surface area contributed by atoms with Crippen LogP contribution >= 0.6 is 11.3 Å². The van der Waals surface area contributed by atoms with E-state index in [4.69, 9.17) is 6.42 Å². The minimum absolute atomic E-state index is 0.0158. The van der Waals surface area contributed by atoms with Crippen LogP contribution in [0.15, 0.2) is 24.0 Å². The molecular weight excluding hydrogens is 360 g/mol. The summed E-state index contributed by atoms with van der Waals surface area (Å²) in [5.41, 5.74) is 4.42. The van der Waals surface area contributed by atoms with Gasteiger partial charge in [0, 0.05) is 36.9 Å². The van der Waals surface area contributed by atoms with Gasteiger partial charge < -0.3 is 15.2 Å². The molecule has 27 heavy (non-hydrogen) atoms. The predicted octanol–water partition coefficient (Wildman–Crippen LogP) is 2.75. The first-order valence-corrected chi connectivity index (χ1v) is 9.75. The average molecular weight is 380 g/mol. The summed E-state index contributed by atoms with van der Waals surface area (Å²) >= 11 is 1.48. The second kappa shape index (κ2) is 7.37. The van der Waals surface area contributed by atoms with Gasteiger partial charge in [-0.05, 0) is 18.4 Å². The van der Waals surface area contributed by atoms with Crippen LogP contribution in [-0.2, 0) is 4.79 Å². The van der Waals surface area contributed by atoms with Crippen molar-refractivity contribution in [3.63, 3.8) is 0 Å². The Morgan fingerprint density at radius 3 is 3.22 bits per heavy atom. The molecule has 4 rings (SSSR count). The number of nitrogens with zero attached hydrogens (tertiary/aromatic N) is 4. The molecule has 1 saturated heterocycles. The lowest BCUT2D eigenvalue weighted by molar-refractivity contribution is -0.131. The Balaban J connectivity index is 1.67. The number of amides is 1. The van der Waals surface area contributed by atoms with Crippen LogP contribution in [0.25, 0.3) is 21.6 Å². The fourth-order valence-electron chi connectivity index (χ4n) is 3.48. The fourth-order valence-corrected chi connectivity index (χ4v) is 4.05. The van der Waals surface area contributed by atoms with Gasteiger partial charge in [-0.3, -0.25) is 4.79 Å². The monoisotopic (exact) mass is 380 g/mol. The van der Waals surface area contributed by atoms with Crippen LogP contribution in [0.1, 0.15) is 19.8 Å². The normalized spacial score (nSPS) is 19.8. The Morgan fingerprint density at radius 1 is 1.56 bits per heavy atom. The third-order valence-corrected chi connectivity index (χ3v) is 5.80. The molecule has 1 fully saturated rings. The van der Waals surface area contributed by atoms with Crippen molar-refractivity contribution in [2.75, 3.05) is 18.4 Å².